The minimum absolute atomic E-state index is 0.0939. The van der Waals surface area contributed by atoms with Crippen LogP contribution in [-0.2, 0) is 16.1 Å². The number of aliphatic imine (C=N–C) groups is 1. The fourth-order valence-corrected chi connectivity index (χ4v) is 5.23. The molecule has 1 atom stereocenters. The summed E-state index contributed by atoms with van der Waals surface area (Å²) in [5.74, 6) is -0.847. The molecule has 0 saturated heterocycles. The summed E-state index contributed by atoms with van der Waals surface area (Å²) in [6.45, 7) is 2.15. The van der Waals surface area contributed by atoms with Crippen LogP contribution in [0.5, 0.6) is 0 Å². The Hall–Kier alpha value is -4.24. The molecule has 2 N–H and O–H groups in total. The summed E-state index contributed by atoms with van der Waals surface area (Å²) >= 11 is 1.40. The highest BCUT2D eigenvalue weighted by Crippen LogP contribution is 2.44. The number of anilines is 1. The number of amidine groups is 1. The molecule has 186 valence electrons. The molecule has 0 saturated carbocycles. The monoisotopic (exact) mass is 513 g/mol. The van der Waals surface area contributed by atoms with Crippen molar-refractivity contribution in [3.63, 3.8) is 0 Å². The number of hydrogen-bond donors (Lipinski definition) is 2. The Kier molecular flexibility index (Phi) is 7.14. The summed E-state index contributed by atoms with van der Waals surface area (Å²) in [7, 11) is 0. The molecule has 0 spiro atoms. The molecule has 2 aromatic carbocycles. The topological polar surface area (TPSA) is 86.7 Å². The van der Waals surface area contributed by atoms with Gasteiger partial charge in [-0.1, -0.05) is 48.2 Å². The quantitative estimate of drug-likeness (QED) is 0.457. The normalized spacial score (nSPS) is 16.6. The van der Waals surface area contributed by atoms with Crippen molar-refractivity contribution in [1.82, 2.24) is 15.2 Å². The number of para-hydroxylation sites is 1. The predicted octanol–water partition coefficient (Wildman–Crippen LogP) is 5.14. The molecule has 37 heavy (non-hydrogen) atoms. The van der Waals surface area contributed by atoms with Crippen LogP contribution in [-0.4, -0.2) is 26.9 Å². The van der Waals surface area contributed by atoms with Crippen molar-refractivity contribution in [2.75, 3.05) is 5.32 Å². The van der Waals surface area contributed by atoms with Crippen LogP contribution >= 0.6 is 11.8 Å². The number of nitrogens with one attached hydrogen (secondary N) is 2. The van der Waals surface area contributed by atoms with Gasteiger partial charge in [0.1, 0.15) is 5.82 Å². The highest BCUT2D eigenvalue weighted by atomic mass is 32.2. The second kappa shape index (κ2) is 10.8. The summed E-state index contributed by atoms with van der Waals surface area (Å²) in [6, 6.07) is 18.4. The number of rotatable bonds is 7. The van der Waals surface area contributed by atoms with E-state index < -0.39 is 6.04 Å². The molecule has 3 heterocycles. The summed E-state index contributed by atoms with van der Waals surface area (Å²) in [6.07, 6.45) is 3.48. The van der Waals surface area contributed by atoms with E-state index in [2.05, 4.69) is 15.6 Å². The first-order chi connectivity index (χ1) is 18.0. The van der Waals surface area contributed by atoms with Crippen LogP contribution in [0, 0.1) is 5.82 Å². The van der Waals surface area contributed by atoms with Gasteiger partial charge in [0.15, 0.2) is 5.17 Å². The van der Waals surface area contributed by atoms with Crippen molar-refractivity contribution < 1.29 is 14.0 Å². The summed E-state index contributed by atoms with van der Waals surface area (Å²) in [5.41, 5.74) is 3.98. The molecule has 1 unspecified atom stereocenters. The first kappa shape index (κ1) is 24.5. The molecule has 1 aromatic heterocycles. The Balaban J connectivity index is 1.43. The number of pyridine rings is 1. The molecular formula is C28H24FN5O2S. The minimum Gasteiger partial charge on any atom is -0.352 e. The number of halogens is 1. The van der Waals surface area contributed by atoms with E-state index in [-0.39, 0.29) is 24.1 Å². The first-order valence-corrected chi connectivity index (χ1v) is 12.6. The van der Waals surface area contributed by atoms with Gasteiger partial charge < -0.3 is 15.5 Å². The number of nitrogens with zero attached hydrogens (tertiary/aromatic N) is 3. The minimum atomic E-state index is -0.579. The van der Waals surface area contributed by atoms with E-state index in [9.17, 15) is 14.0 Å². The summed E-state index contributed by atoms with van der Waals surface area (Å²) < 4.78 is 13.8. The van der Waals surface area contributed by atoms with Crippen molar-refractivity contribution in [3.8, 4) is 0 Å². The summed E-state index contributed by atoms with van der Waals surface area (Å²) in [4.78, 5) is 37.1. The lowest BCUT2D eigenvalue weighted by atomic mass is 9.93. The van der Waals surface area contributed by atoms with Crippen LogP contribution in [0.1, 0.15) is 30.5 Å². The molecule has 2 aliphatic heterocycles. The Bertz CT molecular complexity index is 1410. The van der Waals surface area contributed by atoms with Crippen LogP contribution in [0.2, 0.25) is 0 Å². The number of aromatic nitrogens is 1. The zero-order chi connectivity index (χ0) is 25.8. The molecule has 7 nitrogen and oxygen atoms in total. The Morgan fingerprint density at radius 3 is 2.57 bits per heavy atom. The highest BCUT2D eigenvalue weighted by molar-refractivity contribution is 8.16. The van der Waals surface area contributed by atoms with Crippen molar-refractivity contribution in [2.24, 2.45) is 4.99 Å². The maximum Gasteiger partial charge on any atom is 0.255 e. The van der Waals surface area contributed by atoms with Crippen LogP contribution in [0.15, 0.2) is 106 Å². The highest BCUT2D eigenvalue weighted by Gasteiger charge is 2.40. The largest absolute Gasteiger partial charge is 0.352 e. The maximum atomic E-state index is 13.8. The van der Waals surface area contributed by atoms with Gasteiger partial charge in [0.25, 0.3) is 5.91 Å². The third kappa shape index (κ3) is 5.46. The molecule has 0 bridgehead atoms. The van der Waals surface area contributed by atoms with Gasteiger partial charge >= 0.3 is 0 Å². The SMILES string of the molecule is CC1=C(C(=O)Nc2ccccc2)C(c2ccc(F)cc2)N2C(CC(=O)NCc3cccnc3)=CSC2=N1. The average Bonchev–Trinajstić information content (AvgIpc) is 3.30. The Morgan fingerprint density at radius 1 is 1.05 bits per heavy atom. The third-order valence-corrected chi connectivity index (χ3v) is 6.91. The average molecular weight is 514 g/mol. The van der Waals surface area contributed by atoms with Crippen molar-refractivity contribution in [1.29, 1.82) is 0 Å². The number of amides is 2. The number of carbonyl (C=O) groups is 2. The Labute approximate surface area is 218 Å². The predicted molar refractivity (Wildman–Crippen MR) is 143 cm³/mol. The lowest BCUT2D eigenvalue weighted by Gasteiger charge is -2.36. The summed E-state index contributed by atoms with van der Waals surface area (Å²) in [5, 5.41) is 8.42. The van der Waals surface area contributed by atoms with Crippen LogP contribution < -0.4 is 10.6 Å². The number of hydrogen-bond acceptors (Lipinski definition) is 6. The fourth-order valence-electron chi connectivity index (χ4n) is 4.27. The molecule has 0 radical (unpaired) electrons. The van der Waals surface area contributed by atoms with Crippen LogP contribution in [0.3, 0.4) is 0 Å². The van der Waals surface area contributed by atoms with Gasteiger partial charge in [0.05, 0.1) is 23.7 Å². The van der Waals surface area contributed by atoms with E-state index in [1.165, 1.54) is 23.9 Å². The molecule has 2 aliphatic rings. The molecule has 3 aromatic rings. The molecule has 2 amide bonds. The molecule has 9 heteroatoms. The van der Waals surface area contributed by atoms with Gasteiger partial charge in [-0.2, -0.15) is 0 Å². The van der Waals surface area contributed by atoms with Crippen LogP contribution in [0.25, 0.3) is 0 Å². The van der Waals surface area contributed by atoms with Crippen LogP contribution in [0.4, 0.5) is 10.1 Å². The zero-order valence-electron chi connectivity index (χ0n) is 20.0. The molecule has 0 fully saturated rings. The maximum absolute atomic E-state index is 13.8. The second-order valence-corrected chi connectivity index (χ2v) is 9.42. The molecule has 5 rings (SSSR count). The molecule has 0 aliphatic carbocycles. The van der Waals surface area contributed by atoms with E-state index in [1.54, 1.807) is 31.5 Å². The van der Waals surface area contributed by atoms with Gasteiger partial charge in [-0.3, -0.25) is 14.6 Å². The lowest BCUT2D eigenvalue weighted by molar-refractivity contribution is -0.120. The van der Waals surface area contributed by atoms with Gasteiger partial charge in [-0.25, -0.2) is 9.38 Å². The number of thioether (sulfide) groups is 1. The smallest absolute Gasteiger partial charge is 0.255 e. The first-order valence-electron chi connectivity index (χ1n) is 11.7. The van der Waals surface area contributed by atoms with Crippen molar-refractivity contribution >= 4 is 34.4 Å². The van der Waals surface area contributed by atoms with E-state index in [0.29, 0.717) is 34.4 Å². The number of allylic oxidation sites excluding steroid dienone is 1. The zero-order valence-corrected chi connectivity index (χ0v) is 20.8. The van der Waals surface area contributed by atoms with E-state index in [0.717, 1.165) is 11.1 Å². The fraction of sp³-hybridized carbons (Fsp3) is 0.143. The van der Waals surface area contributed by atoms with Gasteiger partial charge in [-0.15, -0.1) is 0 Å². The van der Waals surface area contributed by atoms with Gasteiger partial charge in [0.2, 0.25) is 5.91 Å². The number of benzene rings is 2. The third-order valence-electron chi connectivity index (χ3n) is 6.02. The Morgan fingerprint density at radius 2 is 1.84 bits per heavy atom. The lowest BCUT2D eigenvalue weighted by Crippen LogP contribution is -2.38. The van der Waals surface area contributed by atoms with Gasteiger partial charge in [0, 0.05) is 30.3 Å². The van der Waals surface area contributed by atoms with E-state index in [4.69, 9.17) is 4.99 Å². The van der Waals surface area contributed by atoms with E-state index in [1.807, 2.05) is 52.8 Å². The van der Waals surface area contributed by atoms with E-state index >= 15 is 0 Å². The van der Waals surface area contributed by atoms with Crippen molar-refractivity contribution in [3.05, 3.63) is 118 Å². The number of carbonyl (C=O) groups excluding carboxylic acids is 2. The van der Waals surface area contributed by atoms with Gasteiger partial charge in [-0.05, 0) is 53.8 Å². The standard InChI is InChI=1S/C28H24FN5O2S/c1-18-25(27(36)33-22-7-3-2-4-8-22)26(20-9-11-21(29)12-10-20)34-23(17-37-28(34)32-18)14-24(35)31-16-19-6-5-13-30-15-19/h2-13,15,17,26H,14,16H2,1H3,(H,31,35)(H,33,36). The van der Waals surface area contributed by atoms with Crippen molar-refractivity contribution in [2.45, 2.75) is 25.9 Å². The second-order valence-electron chi connectivity index (χ2n) is 8.58. The molecular weight excluding hydrogens is 489 g/mol. The number of fused-ring (bicyclic) bond motifs is 1.